The molecule has 0 atom stereocenters. The average Bonchev–Trinajstić information content (AvgIpc) is 2.63. The summed E-state index contributed by atoms with van der Waals surface area (Å²) in [4.78, 5) is 48.5. The van der Waals surface area contributed by atoms with Crippen molar-refractivity contribution in [2.75, 3.05) is 6.54 Å². The summed E-state index contributed by atoms with van der Waals surface area (Å²) in [6.45, 7) is 8.05. The average molecular weight is 401 g/mol. The molecule has 0 saturated carbocycles. The zero-order chi connectivity index (χ0) is 21.9. The van der Waals surface area contributed by atoms with Crippen LogP contribution in [-0.4, -0.2) is 37.8 Å². The van der Waals surface area contributed by atoms with Gasteiger partial charge in [0.05, 0.1) is 6.54 Å². The second-order valence-corrected chi connectivity index (χ2v) is 6.89. The van der Waals surface area contributed by atoms with Crippen molar-refractivity contribution in [3.8, 4) is 5.88 Å². The van der Waals surface area contributed by atoms with Crippen LogP contribution in [0.25, 0.3) is 5.57 Å². The van der Waals surface area contributed by atoms with E-state index < -0.39 is 47.2 Å². The number of amides is 1. The molecule has 0 spiro atoms. The summed E-state index contributed by atoms with van der Waals surface area (Å²) in [7, 11) is 0. The first-order chi connectivity index (χ1) is 13.5. The molecule has 1 aromatic carbocycles. The predicted octanol–water partition coefficient (Wildman–Crippen LogP) is 1.19. The highest BCUT2D eigenvalue weighted by molar-refractivity contribution is 5.97. The number of carboxylic acid groups (broad SMARTS) is 1. The van der Waals surface area contributed by atoms with Gasteiger partial charge in [0.1, 0.15) is 6.54 Å². The largest absolute Gasteiger partial charge is 0.494 e. The fourth-order valence-electron chi connectivity index (χ4n) is 2.78. The van der Waals surface area contributed by atoms with Gasteiger partial charge in [0.25, 0.3) is 11.5 Å². The van der Waals surface area contributed by atoms with E-state index in [0.717, 1.165) is 20.3 Å². The molecule has 0 aliphatic carbocycles. The lowest BCUT2D eigenvalue weighted by Gasteiger charge is -2.17. The molecule has 3 N–H and O–H groups in total. The highest BCUT2D eigenvalue weighted by Gasteiger charge is 2.25. The van der Waals surface area contributed by atoms with E-state index in [4.69, 9.17) is 5.11 Å². The summed E-state index contributed by atoms with van der Waals surface area (Å²) in [6, 6.07) is 6.51. The predicted molar refractivity (Wildman–Crippen MR) is 107 cm³/mol. The van der Waals surface area contributed by atoms with E-state index in [9.17, 15) is 24.3 Å². The molecule has 0 bridgehead atoms. The van der Waals surface area contributed by atoms with Gasteiger partial charge in [0.15, 0.2) is 5.56 Å². The first kappa shape index (κ1) is 21.7. The summed E-state index contributed by atoms with van der Waals surface area (Å²) >= 11 is 0. The van der Waals surface area contributed by atoms with Crippen LogP contribution in [0, 0.1) is 0 Å². The topological polar surface area (TPSA) is 131 Å². The Morgan fingerprint density at radius 2 is 1.76 bits per heavy atom. The van der Waals surface area contributed by atoms with Gasteiger partial charge in [-0.15, -0.1) is 0 Å². The SMILES string of the molecule is C=C(C)c1ccc(Cn2c(O)c(C(=O)NCC(=O)O)c(=O)n(C(C)C)c2=O)cc1. The van der Waals surface area contributed by atoms with Gasteiger partial charge < -0.3 is 15.5 Å². The van der Waals surface area contributed by atoms with E-state index in [0.29, 0.717) is 5.56 Å². The second kappa shape index (κ2) is 8.59. The van der Waals surface area contributed by atoms with E-state index in [-0.39, 0.29) is 6.54 Å². The summed E-state index contributed by atoms with van der Waals surface area (Å²) < 4.78 is 1.75. The van der Waals surface area contributed by atoms with Crippen molar-refractivity contribution in [1.82, 2.24) is 14.5 Å². The first-order valence-electron chi connectivity index (χ1n) is 8.87. The number of hydrogen-bond donors (Lipinski definition) is 3. The van der Waals surface area contributed by atoms with E-state index in [2.05, 4.69) is 6.58 Å². The van der Waals surface area contributed by atoms with Gasteiger partial charge >= 0.3 is 11.7 Å². The Balaban J connectivity index is 2.60. The molecule has 0 aliphatic rings. The fourth-order valence-corrected chi connectivity index (χ4v) is 2.78. The Morgan fingerprint density at radius 3 is 2.24 bits per heavy atom. The van der Waals surface area contributed by atoms with E-state index in [1.807, 2.05) is 12.2 Å². The molecule has 9 heteroatoms. The molecule has 1 aromatic heterocycles. The van der Waals surface area contributed by atoms with E-state index >= 15 is 0 Å². The third kappa shape index (κ3) is 4.63. The first-order valence-corrected chi connectivity index (χ1v) is 8.87. The van der Waals surface area contributed by atoms with Crippen molar-refractivity contribution in [1.29, 1.82) is 0 Å². The van der Waals surface area contributed by atoms with E-state index in [1.165, 1.54) is 0 Å². The maximum atomic E-state index is 12.8. The molecule has 9 nitrogen and oxygen atoms in total. The van der Waals surface area contributed by atoms with Gasteiger partial charge in [-0.25, -0.2) is 4.79 Å². The van der Waals surface area contributed by atoms with Gasteiger partial charge in [-0.3, -0.25) is 23.5 Å². The van der Waals surface area contributed by atoms with Crippen molar-refractivity contribution in [3.63, 3.8) is 0 Å². The number of nitrogens with one attached hydrogen (secondary N) is 1. The second-order valence-electron chi connectivity index (χ2n) is 6.89. The number of carbonyl (C=O) groups excluding carboxylic acids is 1. The minimum Gasteiger partial charge on any atom is -0.494 e. The molecule has 154 valence electrons. The molecule has 0 aliphatic heterocycles. The summed E-state index contributed by atoms with van der Waals surface area (Å²) in [5.41, 5.74) is -0.0228. The summed E-state index contributed by atoms with van der Waals surface area (Å²) in [6.07, 6.45) is 0. The molecule has 0 unspecified atom stereocenters. The number of aromatic nitrogens is 2. The lowest BCUT2D eigenvalue weighted by molar-refractivity contribution is -0.135. The van der Waals surface area contributed by atoms with Gasteiger partial charge in [0.2, 0.25) is 5.88 Å². The Kier molecular flexibility index (Phi) is 6.42. The number of carboxylic acids is 1. The third-order valence-corrected chi connectivity index (χ3v) is 4.28. The Morgan fingerprint density at radius 1 is 1.17 bits per heavy atom. The van der Waals surface area contributed by atoms with Crippen LogP contribution in [0.4, 0.5) is 0 Å². The monoisotopic (exact) mass is 401 g/mol. The third-order valence-electron chi connectivity index (χ3n) is 4.28. The van der Waals surface area contributed by atoms with Crippen LogP contribution in [0.3, 0.4) is 0 Å². The van der Waals surface area contributed by atoms with E-state index in [1.54, 1.807) is 38.1 Å². The van der Waals surface area contributed by atoms with Gasteiger partial charge in [-0.2, -0.15) is 0 Å². The molecule has 2 aromatic rings. The molecule has 0 saturated heterocycles. The molecule has 1 amide bonds. The van der Waals surface area contributed by atoms with Crippen LogP contribution in [0.5, 0.6) is 5.88 Å². The molecule has 1 heterocycles. The molecule has 0 fully saturated rings. The number of allylic oxidation sites excluding steroid dienone is 1. The molecular formula is C20H23N3O6. The highest BCUT2D eigenvalue weighted by Crippen LogP contribution is 2.17. The van der Waals surface area contributed by atoms with Crippen LogP contribution in [-0.2, 0) is 11.3 Å². The number of nitrogens with zero attached hydrogens (tertiary/aromatic N) is 2. The van der Waals surface area contributed by atoms with Crippen molar-refractivity contribution >= 4 is 17.4 Å². The minimum atomic E-state index is -1.31. The standard InChI is InChI=1S/C20H23N3O6/c1-11(2)14-7-5-13(6-8-14)10-22-18(27)16(17(26)21-9-15(24)25)19(28)23(12(3)4)20(22)29/h5-8,12,27H,1,9-10H2,2-4H3,(H,21,26)(H,24,25). The zero-order valence-electron chi connectivity index (χ0n) is 16.4. The summed E-state index contributed by atoms with van der Waals surface area (Å²) in [5, 5.41) is 21.3. The highest BCUT2D eigenvalue weighted by atomic mass is 16.4. The lowest BCUT2D eigenvalue weighted by atomic mass is 10.1. The number of rotatable bonds is 7. The van der Waals surface area contributed by atoms with Crippen molar-refractivity contribution in [2.45, 2.75) is 33.4 Å². The minimum absolute atomic E-state index is 0.0899. The Hall–Kier alpha value is -3.62. The number of carbonyl (C=O) groups is 2. The Bertz CT molecular complexity index is 1080. The maximum Gasteiger partial charge on any atom is 0.334 e. The van der Waals surface area contributed by atoms with Crippen LogP contribution < -0.4 is 16.6 Å². The molecular weight excluding hydrogens is 378 g/mol. The summed E-state index contributed by atoms with van der Waals surface area (Å²) in [5.74, 6) is -3.20. The van der Waals surface area contributed by atoms with Crippen molar-refractivity contribution in [3.05, 3.63) is 68.4 Å². The Labute approximate surface area is 166 Å². The number of aliphatic carboxylic acids is 1. The van der Waals surface area contributed by atoms with Crippen LogP contribution in [0.2, 0.25) is 0 Å². The lowest BCUT2D eigenvalue weighted by Crippen LogP contribution is -2.45. The quantitative estimate of drug-likeness (QED) is 0.639. The van der Waals surface area contributed by atoms with Gasteiger partial charge in [-0.1, -0.05) is 36.4 Å². The van der Waals surface area contributed by atoms with Crippen molar-refractivity contribution < 1.29 is 19.8 Å². The normalized spacial score (nSPS) is 10.8. The van der Waals surface area contributed by atoms with Crippen LogP contribution in [0.1, 0.15) is 48.3 Å². The van der Waals surface area contributed by atoms with Gasteiger partial charge in [0, 0.05) is 6.04 Å². The van der Waals surface area contributed by atoms with Crippen molar-refractivity contribution in [2.24, 2.45) is 0 Å². The molecule has 29 heavy (non-hydrogen) atoms. The number of benzene rings is 1. The zero-order valence-corrected chi connectivity index (χ0v) is 16.4. The number of aromatic hydroxyl groups is 1. The van der Waals surface area contributed by atoms with Gasteiger partial charge in [-0.05, 0) is 31.9 Å². The number of hydrogen-bond acceptors (Lipinski definition) is 5. The van der Waals surface area contributed by atoms with Crippen LogP contribution in [0.15, 0.2) is 40.4 Å². The molecule has 2 rings (SSSR count). The molecule has 0 radical (unpaired) electrons. The maximum absolute atomic E-state index is 12.8. The smallest absolute Gasteiger partial charge is 0.334 e. The van der Waals surface area contributed by atoms with Crippen LogP contribution >= 0.6 is 0 Å². The fraction of sp³-hybridized carbons (Fsp3) is 0.300.